The number of amides is 1. The van der Waals surface area contributed by atoms with Gasteiger partial charge < -0.3 is 9.64 Å². The molecule has 0 aromatic carbocycles. The van der Waals surface area contributed by atoms with Gasteiger partial charge in [-0.25, -0.2) is 0 Å². The van der Waals surface area contributed by atoms with Crippen molar-refractivity contribution in [2.75, 3.05) is 25.1 Å². The Balaban J connectivity index is 2.29. The normalized spacial score (nSPS) is 21.5. The number of nitrogens with zero attached hydrogens (tertiary/aromatic N) is 1. The average Bonchev–Trinajstić information content (AvgIpc) is 2.63. The molecule has 1 unspecified atom stereocenters. The number of ether oxygens (including phenoxy) is 1. The monoisotopic (exact) mass is 303 g/mol. The molecule has 1 heterocycles. The topological polar surface area (TPSA) is 29.5 Å². The molecule has 1 rings (SSSR count). The van der Waals surface area contributed by atoms with Crippen LogP contribution in [0.25, 0.3) is 0 Å². The molecule has 16 heavy (non-hydrogen) atoms. The minimum atomic E-state index is -4.37. The van der Waals surface area contributed by atoms with Crippen molar-refractivity contribution in [3.8, 4) is 0 Å². The number of hydrogen-bond acceptors (Lipinski definition) is 2. The zero-order valence-corrected chi connectivity index (χ0v) is 10.2. The van der Waals surface area contributed by atoms with Gasteiger partial charge in [-0.05, 0) is 12.8 Å². The number of likely N-dealkylation sites (tertiary alicyclic amines) is 1. The lowest BCUT2D eigenvalue weighted by molar-refractivity contribution is -0.177. The number of hydrogen-bond donors (Lipinski definition) is 0. The quantitative estimate of drug-likeness (QED) is 0.743. The third kappa shape index (κ3) is 4.29. The van der Waals surface area contributed by atoms with E-state index >= 15 is 0 Å². The molecule has 94 valence electrons. The van der Waals surface area contributed by atoms with Gasteiger partial charge in [-0.2, -0.15) is 13.2 Å². The summed E-state index contributed by atoms with van der Waals surface area (Å²) < 4.78 is 39.6. The third-order valence-corrected chi connectivity index (χ3v) is 3.11. The molecule has 1 aliphatic rings. The van der Waals surface area contributed by atoms with Gasteiger partial charge in [0.05, 0.1) is 0 Å². The second-order valence-electron chi connectivity index (χ2n) is 3.65. The molecule has 0 saturated carbocycles. The summed E-state index contributed by atoms with van der Waals surface area (Å²) in [5, 5.41) is 0.651. The van der Waals surface area contributed by atoms with E-state index in [0.29, 0.717) is 11.9 Å². The molecule has 1 saturated heterocycles. The highest BCUT2D eigenvalue weighted by Gasteiger charge is 2.30. The summed E-state index contributed by atoms with van der Waals surface area (Å²) in [5.74, 6) is -0.369. The van der Waals surface area contributed by atoms with Crippen molar-refractivity contribution in [1.29, 1.82) is 0 Å². The molecular formula is C9H13BrF3NO2. The summed E-state index contributed by atoms with van der Waals surface area (Å²) in [6, 6.07) is 0.0852. The second kappa shape index (κ2) is 5.86. The molecule has 0 spiro atoms. The fourth-order valence-electron chi connectivity index (χ4n) is 1.66. The Labute approximate surface area is 100 Å². The molecule has 0 aromatic rings. The van der Waals surface area contributed by atoms with E-state index in [-0.39, 0.29) is 11.9 Å². The van der Waals surface area contributed by atoms with Gasteiger partial charge in [-0.3, -0.25) is 4.79 Å². The summed E-state index contributed by atoms with van der Waals surface area (Å²) in [7, 11) is 0. The maximum Gasteiger partial charge on any atom is 0.411 e. The van der Waals surface area contributed by atoms with E-state index in [9.17, 15) is 18.0 Å². The fourth-order valence-corrected chi connectivity index (χ4v) is 2.33. The molecule has 3 nitrogen and oxygen atoms in total. The molecular weight excluding hydrogens is 291 g/mol. The molecule has 7 heteroatoms. The van der Waals surface area contributed by atoms with Crippen LogP contribution in [0.15, 0.2) is 0 Å². The van der Waals surface area contributed by atoms with E-state index in [2.05, 4.69) is 20.7 Å². The fraction of sp³-hybridized carbons (Fsp3) is 0.889. The Morgan fingerprint density at radius 3 is 2.75 bits per heavy atom. The van der Waals surface area contributed by atoms with Gasteiger partial charge in [0.1, 0.15) is 13.2 Å². The smallest absolute Gasteiger partial charge is 0.362 e. The molecule has 0 aromatic heterocycles. The van der Waals surface area contributed by atoms with E-state index in [1.807, 2.05) is 0 Å². The first kappa shape index (κ1) is 13.8. The van der Waals surface area contributed by atoms with Crippen LogP contribution in [0.1, 0.15) is 12.8 Å². The molecule has 0 radical (unpaired) electrons. The highest BCUT2D eigenvalue weighted by molar-refractivity contribution is 9.09. The SMILES string of the molecule is O=C(COCC(F)(F)F)N1CCCC1CBr. The third-order valence-electron chi connectivity index (χ3n) is 2.37. The summed E-state index contributed by atoms with van der Waals surface area (Å²) in [6.07, 6.45) is -2.60. The highest BCUT2D eigenvalue weighted by Crippen LogP contribution is 2.19. The lowest BCUT2D eigenvalue weighted by atomic mass is 10.2. The highest BCUT2D eigenvalue weighted by atomic mass is 79.9. The van der Waals surface area contributed by atoms with Gasteiger partial charge >= 0.3 is 6.18 Å². The van der Waals surface area contributed by atoms with Gasteiger partial charge in [-0.1, -0.05) is 15.9 Å². The van der Waals surface area contributed by atoms with Crippen molar-refractivity contribution in [1.82, 2.24) is 4.90 Å². The Hall–Kier alpha value is -0.300. The minimum Gasteiger partial charge on any atom is -0.362 e. The van der Waals surface area contributed by atoms with E-state index in [1.54, 1.807) is 4.90 Å². The number of rotatable bonds is 4. The Morgan fingerprint density at radius 2 is 2.19 bits per heavy atom. The van der Waals surface area contributed by atoms with Crippen molar-refractivity contribution in [3.63, 3.8) is 0 Å². The van der Waals surface area contributed by atoms with E-state index in [4.69, 9.17) is 0 Å². The van der Waals surface area contributed by atoms with Crippen molar-refractivity contribution < 1.29 is 22.7 Å². The first-order valence-electron chi connectivity index (χ1n) is 4.94. The number of halogens is 4. The zero-order valence-electron chi connectivity index (χ0n) is 8.60. The van der Waals surface area contributed by atoms with Crippen LogP contribution < -0.4 is 0 Å². The van der Waals surface area contributed by atoms with Gasteiger partial charge in [0.2, 0.25) is 5.91 Å². The van der Waals surface area contributed by atoms with Crippen molar-refractivity contribution in [3.05, 3.63) is 0 Å². The summed E-state index contributed by atoms with van der Waals surface area (Å²) >= 11 is 3.27. The van der Waals surface area contributed by atoms with E-state index in [0.717, 1.165) is 12.8 Å². The van der Waals surface area contributed by atoms with E-state index in [1.165, 1.54) is 0 Å². The van der Waals surface area contributed by atoms with Crippen LogP contribution in [-0.4, -0.2) is 48.1 Å². The summed E-state index contributed by atoms with van der Waals surface area (Å²) in [5.41, 5.74) is 0. The van der Waals surface area contributed by atoms with E-state index < -0.39 is 19.4 Å². The van der Waals surface area contributed by atoms with Crippen LogP contribution in [0, 0.1) is 0 Å². The van der Waals surface area contributed by atoms with Crippen LogP contribution in [0.5, 0.6) is 0 Å². The van der Waals surface area contributed by atoms with Crippen LogP contribution in [0.2, 0.25) is 0 Å². The molecule has 1 atom stereocenters. The van der Waals surface area contributed by atoms with Gasteiger partial charge in [0.15, 0.2) is 0 Å². The second-order valence-corrected chi connectivity index (χ2v) is 4.29. The molecule has 1 aliphatic heterocycles. The van der Waals surface area contributed by atoms with Gasteiger partial charge in [0, 0.05) is 17.9 Å². The first-order valence-corrected chi connectivity index (χ1v) is 6.06. The lowest BCUT2D eigenvalue weighted by Crippen LogP contribution is -2.39. The Bertz CT molecular complexity index is 247. The number of carbonyl (C=O) groups excluding carboxylic acids is 1. The number of alkyl halides is 4. The van der Waals surface area contributed by atoms with Gasteiger partial charge in [-0.15, -0.1) is 0 Å². The van der Waals surface area contributed by atoms with Crippen molar-refractivity contribution in [2.45, 2.75) is 25.1 Å². The average molecular weight is 304 g/mol. The zero-order chi connectivity index (χ0) is 12.2. The molecule has 1 fully saturated rings. The van der Waals surface area contributed by atoms with Crippen LogP contribution >= 0.6 is 15.9 Å². The molecule has 1 amide bonds. The number of carbonyl (C=O) groups is 1. The summed E-state index contributed by atoms with van der Waals surface area (Å²) in [4.78, 5) is 13.1. The standard InChI is InChI=1S/C9H13BrF3NO2/c10-4-7-2-1-3-14(7)8(15)5-16-6-9(11,12)13/h7H,1-6H2. The van der Waals surface area contributed by atoms with Crippen molar-refractivity contribution in [2.24, 2.45) is 0 Å². The summed E-state index contributed by atoms with van der Waals surface area (Å²) in [6.45, 7) is -1.26. The van der Waals surface area contributed by atoms with Crippen LogP contribution in [0.3, 0.4) is 0 Å². The maximum atomic E-state index is 11.8. The molecule has 0 bridgehead atoms. The van der Waals surface area contributed by atoms with Crippen LogP contribution in [-0.2, 0) is 9.53 Å². The minimum absolute atomic E-state index is 0.0852. The largest absolute Gasteiger partial charge is 0.411 e. The van der Waals surface area contributed by atoms with Gasteiger partial charge in [0.25, 0.3) is 0 Å². The Morgan fingerprint density at radius 1 is 1.50 bits per heavy atom. The molecule has 0 aliphatic carbocycles. The first-order chi connectivity index (χ1) is 7.44. The predicted octanol–water partition coefficient (Wildman–Crippen LogP) is 1.95. The lowest BCUT2D eigenvalue weighted by Gasteiger charge is -2.23. The molecule has 0 N–H and O–H groups in total. The van der Waals surface area contributed by atoms with Crippen LogP contribution in [0.4, 0.5) is 13.2 Å². The Kier molecular flexibility index (Phi) is 5.04. The predicted molar refractivity (Wildman–Crippen MR) is 55.4 cm³/mol. The van der Waals surface area contributed by atoms with Crippen molar-refractivity contribution >= 4 is 21.8 Å². The maximum absolute atomic E-state index is 11.8.